The maximum atomic E-state index is 11.5. The first-order valence-corrected chi connectivity index (χ1v) is 11.6. The molecule has 1 rings (SSSR count). The molecule has 0 aliphatic rings. The molecule has 0 fully saturated rings. The molecule has 0 aliphatic heterocycles. The number of carbonyl (C=O) groups excluding carboxylic acids is 1. The molecule has 5 heteroatoms. The molecule has 0 radical (unpaired) electrons. The lowest BCUT2D eigenvalue weighted by atomic mass is 10.0. The van der Waals surface area contributed by atoms with E-state index in [2.05, 4.69) is 68.6 Å². The summed E-state index contributed by atoms with van der Waals surface area (Å²) in [6, 6.07) is 10.7. The zero-order valence-electron chi connectivity index (χ0n) is 20.3. The molecule has 0 saturated heterocycles. The molecule has 1 N–H and O–H groups in total. The number of halogens is 1. The Morgan fingerprint density at radius 3 is 2.27 bits per heavy atom. The van der Waals surface area contributed by atoms with E-state index >= 15 is 0 Å². The number of unbranched alkanes of at least 4 members (excludes halogenated alkanes) is 3. The van der Waals surface area contributed by atoms with E-state index in [9.17, 15) is 4.79 Å². The molecule has 1 unspecified atom stereocenters. The zero-order valence-corrected chi connectivity index (χ0v) is 21.0. The third kappa shape index (κ3) is 12.4. The Balaban J connectivity index is 0.00000841. The van der Waals surface area contributed by atoms with E-state index in [1.165, 1.54) is 50.9 Å². The quantitative estimate of drug-likeness (QED) is 0.334. The number of para-hydroxylation sites is 1. The maximum absolute atomic E-state index is 11.5. The van der Waals surface area contributed by atoms with Gasteiger partial charge in [-0.2, -0.15) is 0 Å². The SMILES string of the molecule is CCC(CC[N+](C)(C)CCCCCCNC(=O)C(C)C)CN(C)c1ccccc1.[Cl-]. The predicted molar refractivity (Wildman–Crippen MR) is 126 cm³/mol. The van der Waals surface area contributed by atoms with E-state index < -0.39 is 0 Å². The fourth-order valence-corrected chi connectivity index (χ4v) is 3.68. The summed E-state index contributed by atoms with van der Waals surface area (Å²) in [6.07, 6.45) is 7.34. The summed E-state index contributed by atoms with van der Waals surface area (Å²) in [5.74, 6) is 1.00. The third-order valence-corrected chi connectivity index (χ3v) is 5.96. The third-order valence-electron chi connectivity index (χ3n) is 5.96. The number of carbonyl (C=O) groups is 1. The van der Waals surface area contributed by atoms with Crippen molar-refractivity contribution < 1.29 is 21.7 Å². The van der Waals surface area contributed by atoms with Crippen molar-refractivity contribution in [2.24, 2.45) is 11.8 Å². The Kier molecular flexibility index (Phi) is 14.9. The Morgan fingerprint density at radius 2 is 1.67 bits per heavy atom. The highest BCUT2D eigenvalue weighted by Gasteiger charge is 2.18. The Bertz CT molecular complexity index is 563. The highest BCUT2D eigenvalue weighted by molar-refractivity contribution is 5.77. The van der Waals surface area contributed by atoms with Gasteiger partial charge in [0.2, 0.25) is 5.91 Å². The van der Waals surface area contributed by atoms with Crippen LogP contribution in [0.1, 0.15) is 59.3 Å². The van der Waals surface area contributed by atoms with Gasteiger partial charge in [0.25, 0.3) is 0 Å². The zero-order chi connectivity index (χ0) is 21.7. The molecule has 174 valence electrons. The van der Waals surface area contributed by atoms with Gasteiger partial charge in [-0.3, -0.25) is 4.79 Å². The van der Waals surface area contributed by atoms with E-state index in [1.807, 2.05) is 13.8 Å². The van der Waals surface area contributed by atoms with Crippen molar-refractivity contribution in [3.63, 3.8) is 0 Å². The fourth-order valence-electron chi connectivity index (χ4n) is 3.68. The van der Waals surface area contributed by atoms with Gasteiger partial charge in [-0.1, -0.05) is 51.8 Å². The fraction of sp³-hybridized carbons (Fsp3) is 0.720. The summed E-state index contributed by atoms with van der Waals surface area (Å²) in [5, 5.41) is 3.01. The predicted octanol–water partition coefficient (Wildman–Crippen LogP) is 1.95. The Morgan fingerprint density at radius 1 is 1.03 bits per heavy atom. The average Bonchev–Trinajstić information content (AvgIpc) is 2.70. The number of amides is 1. The summed E-state index contributed by atoms with van der Waals surface area (Å²) in [4.78, 5) is 13.9. The summed E-state index contributed by atoms with van der Waals surface area (Å²) in [5.41, 5.74) is 1.31. The van der Waals surface area contributed by atoms with Crippen molar-refractivity contribution in [3.05, 3.63) is 30.3 Å². The van der Waals surface area contributed by atoms with Crippen molar-refractivity contribution in [3.8, 4) is 0 Å². The number of nitrogens with zero attached hydrogens (tertiary/aromatic N) is 2. The summed E-state index contributed by atoms with van der Waals surface area (Å²) < 4.78 is 1.11. The smallest absolute Gasteiger partial charge is 0.222 e. The van der Waals surface area contributed by atoms with Gasteiger partial charge in [-0.25, -0.2) is 0 Å². The van der Waals surface area contributed by atoms with Gasteiger partial charge in [0, 0.05) is 38.2 Å². The van der Waals surface area contributed by atoms with E-state index in [0.29, 0.717) is 0 Å². The molecule has 0 spiro atoms. The molecular weight excluding hydrogens is 394 g/mol. The molecule has 0 bridgehead atoms. The van der Waals surface area contributed by atoms with Crippen LogP contribution in [-0.2, 0) is 4.79 Å². The van der Waals surface area contributed by atoms with E-state index in [4.69, 9.17) is 0 Å². The second-order valence-electron chi connectivity index (χ2n) is 9.52. The monoisotopic (exact) mass is 439 g/mol. The normalized spacial score (nSPS) is 12.4. The first-order chi connectivity index (χ1) is 13.7. The number of quaternary nitrogens is 1. The Labute approximate surface area is 192 Å². The van der Waals surface area contributed by atoms with Crippen LogP contribution in [-0.4, -0.2) is 57.7 Å². The van der Waals surface area contributed by atoms with Gasteiger partial charge in [0.05, 0.1) is 27.2 Å². The Hall–Kier alpha value is -1.26. The lowest BCUT2D eigenvalue weighted by molar-refractivity contribution is -0.891. The van der Waals surface area contributed by atoms with E-state index in [-0.39, 0.29) is 24.2 Å². The van der Waals surface area contributed by atoms with Crippen molar-refractivity contribution in [2.45, 2.75) is 59.3 Å². The first-order valence-electron chi connectivity index (χ1n) is 11.6. The molecule has 0 aromatic heterocycles. The van der Waals surface area contributed by atoms with Gasteiger partial charge < -0.3 is 27.1 Å². The molecule has 1 aromatic rings. The molecular formula is C25H46ClN3O. The number of rotatable bonds is 15. The standard InChI is InChI=1S/C25H45N3O.ClH/c1-7-23(21-27(4)24-15-11-10-12-16-24)17-20-28(5,6)19-14-9-8-13-18-26-25(29)22(2)3;/h10-12,15-16,22-23H,7-9,13-14,17-21H2,1-6H3;1H. The summed E-state index contributed by atoms with van der Waals surface area (Å²) in [6.45, 7) is 10.6. The van der Waals surface area contributed by atoms with Crippen LogP contribution >= 0.6 is 0 Å². The molecule has 1 amide bonds. The van der Waals surface area contributed by atoms with Gasteiger partial charge in [0.15, 0.2) is 0 Å². The lowest BCUT2D eigenvalue weighted by Gasteiger charge is -2.32. The first kappa shape index (κ1) is 28.7. The second-order valence-corrected chi connectivity index (χ2v) is 9.52. The van der Waals surface area contributed by atoms with Crippen LogP contribution in [0.3, 0.4) is 0 Å². The molecule has 0 aliphatic carbocycles. The molecule has 4 nitrogen and oxygen atoms in total. The summed E-state index contributed by atoms with van der Waals surface area (Å²) >= 11 is 0. The minimum atomic E-state index is 0. The van der Waals surface area contributed by atoms with Crippen molar-refractivity contribution in [2.75, 3.05) is 52.2 Å². The van der Waals surface area contributed by atoms with Crippen molar-refractivity contribution in [1.29, 1.82) is 0 Å². The van der Waals surface area contributed by atoms with Gasteiger partial charge in [-0.15, -0.1) is 0 Å². The minimum absolute atomic E-state index is 0. The highest BCUT2D eigenvalue weighted by atomic mass is 35.5. The molecule has 1 atom stereocenters. The van der Waals surface area contributed by atoms with Crippen LogP contribution in [0.15, 0.2) is 30.3 Å². The highest BCUT2D eigenvalue weighted by Crippen LogP contribution is 2.18. The van der Waals surface area contributed by atoms with Gasteiger partial charge in [-0.05, 0) is 37.3 Å². The maximum Gasteiger partial charge on any atom is 0.222 e. The number of benzene rings is 1. The molecule has 30 heavy (non-hydrogen) atoms. The minimum Gasteiger partial charge on any atom is -1.00 e. The van der Waals surface area contributed by atoms with Gasteiger partial charge in [0.1, 0.15) is 0 Å². The molecule has 1 aromatic carbocycles. The van der Waals surface area contributed by atoms with Crippen LogP contribution in [0.25, 0.3) is 0 Å². The van der Waals surface area contributed by atoms with Crippen LogP contribution in [0.2, 0.25) is 0 Å². The molecule has 0 saturated carbocycles. The van der Waals surface area contributed by atoms with Crippen LogP contribution in [0.5, 0.6) is 0 Å². The summed E-state index contributed by atoms with van der Waals surface area (Å²) in [7, 11) is 6.95. The van der Waals surface area contributed by atoms with E-state index in [0.717, 1.165) is 29.9 Å². The average molecular weight is 440 g/mol. The number of nitrogens with one attached hydrogen (secondary N) is 1. The number of anilines is 1. The van der Waals surface area contributed by atoms with Crippen LogP contribution in [0.4, 0.5) is 5.69 Å². The number of hydrogen-bond donors (Lipinski definition) is 1. The van der Waals surface area contributed by atoms with E-state index in [1.54, 1.807) is 0 Å². The van der Waals surface area contributed by atoms with Gasteiger partial charge >= 0.3 is 0 Å². The van der Waals surface area contributed by atoms with Crippen LogP contribution < -0.4 is 22.6 Å². The second kappa shape index (κ2) is 15.5. The lowest BCUT2D eigenvalue weighted by Crippen LogP contribution is -3.00. The van der Waals surface area contributed by atoms with Crippen LogP contribution in [0, 0.1) is 11.8 Å². The van der Waals surface area contributed by atoms with Crippen molar-refractivity contribution >= 4 is 11.6 Å². The topological polar surface area (TPSA) is 32.3 Å². The van der Waals surface area contributed by atoms with Crippen molar-refractivity contribution in [1.82, 2.24) is 5.32 Å². The molecule has 0 heterocycles. The largest absolute Gasteiger partial charge is 1.00 e. The number of hydrogen-bond acceptors (Lipinski definition) is 2.